The van der Waals surface area contributed by atoms with Crippen LogP contribution in [-0.2, 0) is 0 Å². The molecule has 0 fully saturated rings. The highest BCUT2D eigenvalue weighted by Crippen LogP contribution is 2.42. The minimum absolute atomic E-state index is 0.0382. The van der Waals surface area contributed by atoms with E-state index in [0.717, 1.165) is 11.8 Å². The summed E-state index contributed by atoms with van der Waals surface area (Å²) >= 11 is 6.54. The van der Waals surface area contributed by atoms with Gasteiger partial charge < -0.3 is 10.2 Å². The quantitative estimate of drug-likeness (QED) is 0.210. The number of phenolic OH excluding ortho intramolecular Hbond substituents is 2. The van der Waals surface area contributed by atoms with Crippen LogP contribution in [-0.4, -0.2) is 14.7 Å². The molecule has 0 unspecified atom stereocenters. The van der Waals surface area contributed by atoms with Gasteiger partial charge >= 0.3 is 0 Å². The van der Waals surface area contributed by atoms with Gasteiger partial charge in [-0.1, -0.05) is 23.4 Å². The van der Waals surface area contributed by atoms with Crippen molar-refractivity contribution >= 4 is 23.4 Å². The molecule has 0 radical (unpaired) electrons. The maximum absolute atomic E-state index is 9.76. The van der Waals surface area contributed by atoms with E-state index in [1.54, 1.807) is 13.8 Å². The van der Waals surface area contributed by atoms with Crippen molar-refractivity contribution in [2.45, 2.75) is 23.2 Å². The molecule has 0 heterocycles. The number of nitrogens with two attached hydrogens (primary N) is 2. The minimum Gasteiger partial charge on any atom is -0.508 e. The van der Waals surface area contributed by atoms with Gasteiger partial charge in [-0.25, -0.2) is 0 Å². The Morgan fingerprint density at radius 1 is 1.33 bits per heavy atom. The van der Waals surface area contributed by atoms with Crippen LogP contribution in [0.5, 0.6) is 11.5 Å². The summed E-state index contributed by atoms with van der Waals surface area (Å²) in [5.41, 5.74) is 11.9. The van der Waals surface area contributed by atoms with Crippen molar-refractivity contribution in [2.24, 2.45) is 11.5 Å². The number of phenols is 2. The van der Waals surface area contributed by atoms with Crippen LogP contribution in [0.15, 0.2) is 11.0 Å². The van der Waals surface area contributed by atoms with Gasteiger partial charge in [0.15, 0.2) is 4.45 Å². The molecule has 0 bridgehead atoms. The molecule has 4 nitrogen and oxygen atoms in total. The maximum atomic E-state index is 9.76. The lowest BCUT2D eigenvalue weighted by atomic mass is 10.1. The number of aryl methyl sites for hydroxylation is 1. The van der Waals surface area contributed by atoms with Gasteiger partial charge in [0.25, 0.3) is 0 Å². The topological polar surface area (TPSA) is 92.5 Å². The first-order chi connectivity index (χ1) is 6.72. The standard InChI is InChI=1S/C9H13ClN2O2S/c1-4-3-6(13)5(2)8(7(4)14)15-9(10,11)12/h3,13-14H,11-12H2,1-2H3. The zero-order valence-corrected chi connectivity index (χ0v) is 9.99. The number of aromatic hydroxyl groups is 2. The summed E-state index contributed by atoms with van der Waals surface area (Å²) in [6, 6.07) is 1.47. The highest BCUT2D eigenvalue weighted by molar-refractivity contribution is 8.02. The first-order valence-corrected chi connectivity index (χ1v) is 5.39. The summed E-state index contributed by atoms with van der Waals surface area (Å²) in [7, 11) is 0. The highest BCUT2D eigenvalue weighted by atomic mass is 35.5. The SMILES string of the molecule is Cc1cc(O)c(C)c(SC(N)(N)Cl)c1O. The Morgan fingerprint density at radius 2 is 1.87 bits per heavy atom. The van der Waals surface area contributed by atoms with E-state index in [-0.39, 0.29) is 11.5 Å². The average Bonchev–Trinajstić information content (AvgIpc) is 2.08. The highest BCUT2D eigenvalue weighted by Gasteiger charge is 2.22. The number of alkyl halides is 1. The molecule has 84 valence electrons. The molecule has 0 saturated carbocycles. The molecule has 0 amide bonds. The van der Waals surface area contributed by atoms with Gasteiger partial charge in [-0.05, 0) is 25.5 Å². The van der Waals surface area contributed by atoms with Crippen LogP contribution >= 0.6 is 23.4 Å². The van der Waals surface area contributed by atoms with E-state index in [1.165, 1.54) is 6.07 Å². The second-order valence-corrected chi connectivity index (χ2v) is 5.45. The Kier molecular flexibility index (Phi) is 3.40. The molecule has 1 aromatic carbocycles. The van der Waals surface area contributed by atoms with Crippen LogP contribution in [0.4, 0.5) is 0 Å². The number of benzene rings is 1. The van der Waals surface area contributed by atoms with Gasteiger partial charge in [0.2, 0.25) is 0 Å². The summed E-state index contributed by atoms with van der Waals surface area (Å²) in [6.45, 7) is 3.32. The van der Waals surface area contributed by atoms with Crippen molar-refractivity contribution in [3.8, 4) is 11.5 Å². The number of halogens is 1. The predicted octanol–water partition coefficient (Wildman–Crippen LogP) is 1.57. The summed E-state index contributed by atoms with van der Waals surface area (Å²) in [5.74, 6) is 0.116. The van der Waals surface area contributed by atoms with Crippen molar-refractivity contribution in [3.05, 3.63) is 17.2 Å². The molecule has 6 N–H and O–H groups in total. The van der Waals surface area contributed by atoms with Crippen LogP contribution in [0.25, 0.3) is 0 Å². The lowest BCUT2D eigenvalue weighted by Crippen LogP contribution is -2.39. The zero-order chi connectivity index (χ0) is 11.8. The monoisotopic (exact) mass is 248 g/mol. The number of hydrogen-bond acceptors (Lipinski definition) is 5. The van der Waals surface area contributed by atoms with E-state index < -0.39 is 4.45 Å². The Balaban J connectivity index is 3.27. The Morgan fingerprint density at radius 3 is 2.33 bits per heavy atom. The largest absolute Gasteiger partial charge is 0.508 e. The first-order valence-electron chi connectivity index (χ1n) is 4.20. The summed E-state index contributed by atoms with van der Waals surface area (Å²) < 4.78 is -1.51. The normalized spacial score (nSPS) is 11.8. The van der Waals surface area contributed by atoms with Crippen LogP contribution in [0, 0.1) is 13.8 Å². The molecule has 0 aliphatic carbocycles. The summed E-state index contributed by atoms with van der Waals surface area (Å²) in [6.07, 6.45) is 0. The molecular weight excluding hydrogens is 236 g/mol. The molecular formula is C9H13ClN2O2S. The fourth-order valence-electron chi connectivity index (χ4n) is 1.14. The van der Waals surface area contributed by atoms with Crippen LogP contribution < -0.4 is 11.5 Å². The molecule has 0 aliphatic heterocycles. The molecule has 0 spiro atoms. The predicted molar refractivity (Wildman–Crippen MR) is 62.1 cm³/mol. The number of thioether (sulfide) groups is 1. The third kappa shape index (κ3) is 2.92. The van der Waals surface area contributed by atoms with E-state index in [2.05, 4.69) is 0 Å². The van der Waals surface area contributed by atoms with Gasteiger partial charge in [0, 0.05) is 5.56 Å². The Labute approximate surface area is 97.2 Å². The molecule has 15 heavy (non-hydrogen) atoms. The summed E-state index contributed by atoms with van der Waals surface area (Å²) in [4.78, 5) is 0.396. The average molecular weight is 249 g/mol. The lowest BCUT2D eigenvalue weighted by molar-refractivity contribution is 0.440. The van der Waals surface area contributed by atoms with E-state index in [4.69, 9.17) is 23.1 Å². The third-order valence-corrected chi connectivity index (χ3v) is 3.17. The molecule has 0 saturated heterocycles. The van der Waals surface area contributed by atoms with E-state index in [9.17, 15) is 10.2 Å². The van der Waals surface area contributed by atoms with Gasteiger partial charge in [-0.3, -0.25) is 11.5 Å². The van der Waals surface area contributed by atoms with Crippen LogP contribution in [0.1, 0.15) is 11.1 Å². The van der Waals surface area contributed by atoms with E-state index in [1.807, 2.05) is 0 Å². The molecule has 0 aromatic heterocycles. The van der Waals surface area contributed by atoms with Gasteiger partial charge in [-0.2, -0.15) is 0 Å². The fourth-order valence-corrected chi connectivity index (χ4v) is 2.20. The van der Waals surface area contributed by atoms with Crippen molar-refractivity contribution in [3.63, 3.8) is 0 Å². The number of rotatable bonds is 2. The minimum atomic E-state index is -1.51. The molecule has 1 aromatic rings. The molecule has 6 heteroatoms. The molecule has 0 atom stereocenters. The van der Waals surface area contributed by atoms with Gasteiger partial charge in [0.1, 0.15) is 11.5 Å². The lowest BCUT2D eigenvalue weighted by Gasteiger charge is -2.18. The van der Waals surface area contributed by atoms with Crippen molar-refractivity contribution in [1.82, 2.24) is 0 Å². The maximum Gasteiger partial charge on any atom is 0.194 e. The second kappa shape index (κ2) is 4.09. The fraction of sp³-hybridized carbons (Fsp3) is 0.333. The molecule has 0 aliphatic rings. The van der Waals surface area contributed by atoms with E-state index >= 15 is 0 Å². The molecule has 1 rings (SSSR count). The smallest absolute Gasteiger partial charge is 0.194 e. The first kappa shape index (κ1) is 12.4. The van der Waals surface area contributed by atoms with Crippen molar-refractivity contribution in [2.75, 3.05) is 0 Å². The third-order valence-electron chi connectivity index (χ3n) is 1.93. The van der Waals surface area contributed by atoms with Gasteiger partial charge in [0.05, 0.1) is 4.90 Å². The number of hydrogen-bond donors (Lipinski definition) is 4. The summed E-state index contributed by atoms with van der Waals surface area (Å²) in [5, 5.41) is 19.3. The van der Waals surface area contributed by atoms with Crippen molar-refractivity contribution in [1.29, 1.82) is 0 Å². The van der Waals surface area contributed by atoms with Gasteiger partial charge in [-0.15, -0.1) is 0 Å². The van der Waals surface area contributed by atoms with E-state index in [0.29, 0.717) is 16.0 Å². The Hall–Kier alpha value is -0.620. The zero-order valence-electron chi connectivity index (χ0n) is 8.41. The second-order valence-electron chi connectivity index (χ2n) is 3.32. The Bertz CT molecular complexity index is 364. The van der Waals surface area contributed by atoms with Crippen LogP contribution in [0.2, 0.25) is 0 Å². The van der Waals surface area contributed by atoms with Crippen LogP contribution in [0.3, 0.4) is 0 Å². The van der Waals surface area contributed by atoms with Crippen molar-refractivity contribution < 1.29 is 10.2 Å².